The molecule has 0 spiro atoms. The molecule has 0 saturated carbocycles. The summed E-state index contributed by atoms with van der Waals surface area (Å²) < 4.78 is 2.51. The third kappa shape index (κ3) is 1.99. The average Bonchev–Trinajstić information content (AvgIpc) is 2.51. The van der Waals surface area contributed by atoms with E-state index in [0.29, 0.717) is 5.41 Å². The van der Waals surface area contributed by atoms with Gasteiger partial charge in [-0.3, -0.25) is 0 Å². The van der Waals surface area contributed by atoms with Crippen LogP contribution in [0.3, 0.4) is 0 Å². The SMILES string of the molecule is CC1(C)CC(N)=CC(=[N+]2CCCC2)C1. The minimum atomic E-state index is 0.358. The van der Waals surface area contributed by atoms with Crippen molar-refractivity contribution in [2.75, 3.05) is 13.1 Å². The summed E-state index contributed by atoms with van der Waals surface area (Å²) in [4.78, 5) is 0. The largest absolute Gasteiger partial charge is 0.402 e. The van der Waals surface area contributed by atoms with Gasteiger partial charge in [-0.15, -0.1) is 0 Å². The molecule has 2 aliphatic rings. The molecule has 2 nitrogen and oxygen atoms in total. The van der Waals surface area contributed by atoms with E-state index in [9.17, 15) is 0 Å². The van der Waals surface area contributed by atoms with Crippen LogP contribution in [-0.4, -0.2) is 23.4 Å². The molecule has 0 aromatic carbocycles. The van der Waals surface area contributed by atoms with Crippen molar-refractivity contribution in [1.29, 1.82) is 0 Å². The Kier molecular flexibility index (Phi) is 2.38. The van der Waals surface area contributed by atoms with E-state index in [-0.39, 0.29) is 0 Å². The van der Waals surface area contributed by atoms with Crippen LogP contribution in [0.5, 0.6) is 0 Å². The van der Waals surface area contributed by atoms with Gasteiger partial charge in [-0.1, -0.05) is 13.8 Å². The lowest BCUT2D eigenvalue weighted by atomic mass is 9.78. The van der Waals surface area contributed by atoms with Gasteiger partial charge in [-0.25, -0.2) is 4.58 Å². The maximum atomic E-state index is 5.98. The van der Waals surface area contributed by atoms with E-state index in [1.54, 1.807) is 0 Å². The normalized spacial score (nSPS) is 26.6. The Hall–Kier alpha value is -0.790. The molecule has 0 unspecified atom stereocenters. The Balaban J connectivity index is 2.28. The number of nitrogens with zero attached hydrogens (tertiary/aromatic N) is 1. The molecule has 14 heavy (non-hydrogen) atoms. The molecular formula is C12H21N2+. The van der Waals surface area contributed by atoms with E-state index in [1.807, 2.05) is 0 Å². The Morgan fingerprint density at radius 3 is 2.43 bits per heavy atom. The molecule has 1 heterocycles. The molecule has 0 aromatic rings. The van der Waals surface area contributed by atoms with Crippen molar-refractivity contribution in [3.63, 3.8) is 0 Å². The summed E-state index contributed by atoms with van der Waals surface area (Å²) in [7, 11) is 0. The van der Waals surface area contributed by atoms with E-state index < -0.39 is 0 Å². The fraction of sp³-hybridized carbons (Fsp3) is 0.750. The van der Waals surface area contributed by atoms with Crippen LogP contribution in [-0.2, 0) is 0 Å². The highest BCUT2D eigenvalue weighted by atomic mass is 15.0. The second-order valence-corrected chi connectivity index (χ2v) is 5.42. The molecule has 0 bridgehead atoms. The topological polar surface area (TPSA) is 29.0 Å². The summed E-state index contributed by atoms with van der Waals surface area (Å²) >= 11 is 0. The lowest BCUT2D eigenvalue weighted by molar-refractivity contribution is -0.507. The van der Waals surface area contributed by atoms with Gasteiger partial charge in [-0.05, 0) is 11.8 Å². The maximum absolute atomic E-state index is 5.98. The third-order valence-electron chi connectivity index (χ3n) is 3.21. The number of nitrogens with two attached hydrogens (primary N) is 1. The molecule has 2 heteroatoms. The minimum absolute atomic E-state index is 0.358. The van der Waals surface area contributed by atoms with Crippen molar-refractivity contribution in [2.45, 2.75) is 39.5 Å². The molecule has 1 fully saturated rings. The first-order chi connectivity index (χ1) is 6.57. The van der Waals surface area contributed by atoms with Crippen LogP contribution < -0.4 is 5.73 Å². The van der Waals surface area contributed by atoms with Crippen LogP contribution in [0.4, 0.5) is 0 Å². The van der Waals surface area contributed by atoms with Gasteiger partial charge in [0, 0.05) is 31.0 Å². The molecule has 2 N–H and O–H groups in total. The van der Waals surface area contributed by atoms with Crippen LogP contribution in [0.1, 0.15) is 39.5 Å². The number of hydrogen-bond acceptors (Lipinski definition) is 1. The molecule has 78 valence electrons. The van der Waals surface area contributed by atoms with Gasteiger partial charge in [0.05, 0.1) is 0 Å². The summed E-state index contributed by atoms with van der Waals surface area (Å²) in [5.41, 5.74) is 8.87. The van der Waals surface area contributed by atoms with Crippen LogP contribution in [0, 0.1) is 5.41 Å². The molecule has 1 saturated heterocycles. The standard InChI is InChI=1S/C12H20N2/c1-12(2)8-10(13)7-11(9-12)14-5-3-4-6-14/h7,13H,3-6,8-9H2,1-2H3/p+1. The quantitative estimate of drug-likeness (QED) is 0.585. The highest BCUT2D eigenvalue weighted by Crippen LogP contribution is 2.32. The first-order valence-electron chi connectivity index (χ1n) is 5.64. The number of rotatable bonds is 0. The molecule has 2 rings (SSSR count). The van der Waals surface area contributed by atoms with E-state index in [1.165, 1.54) is 38.1 Å². The van der Waals surface area contributed by atoms with E-state index in [0.717, 1.165) is 12.1 Å². The first-order valence-corrected chi connectivity index (χ1v) is 5.64. The Morgan fingerprint density at radius 1 is 1.21 bits per heavy atom. The van der Waals surface area contributed by atoms with Crippen LogP contribution in [0.15, 0.2) is 11.8 Å². The van der Waals surface area contributed by atoms with Gasteiger partial charge in [0.2, 0.25) is 0 Å². The minimum Gasteiger partial charge on any atom is -0.402 e. The first kappa shape index (κ1) is 9.75. The highest BCUT2D eigenvalue weighted by molar-refractivity contribution is 5.92. The van der Waals surface area contributed by atoms with Crippen molar-refractivity contribution in [2.24, 2.45) is 11.1 Å². The van der Waals surface area contributed by atoms with Crippen LogP contribution in [0.25, 0.3) is 0 Å². The number of hydrogen-bond donors (Lipinski definition) is 1. The van der Waals surface area contributed by atoms with Crippen molar-refractivity contribution < 1.29 is 4.58 Å². The van der Waals surface area contributed by atoms with Gasteiger partial charge in [0.1, 0.15) is 13.1 Å². The maximum Gasteiger partial charge on any atom is 0.178 e. The summed E-state index contributed by atoms with van der Waals surface area (Å²) in [6, 6.07) is 0. The Labute approximate surface area is 86.5 Å². The fourth-order valence-electron chi connectivity index (χ4n) is 2.63. The van der Waals surface area contributed by atoms with Crippen LogP contribution in [0.2, 0.25) is 0 Å². The van der Waals surface area contributed by atoms with Gasteiger partial charge in [0.15, 0.2) is 5.71 Å². The van der Waals surface area contributed by atoms with Crippen LogP contribution >= 0.6 is 0 Å². The monoisotopic (exact) mass is 193 g/mol. The van der Waals surface area contributed by atoms with Crippen molar-refractivity contribution in [3.05, 3.63) is 11.8 Å². The van der Waals surface area contributed by atoms with Gasteiger partial charge in [0.25, 0.3) is 0 Å². The predicted molar refractivity (Wildman–Crippen MR) is 59.5 cm³/mol. The lowest BCUT2D eigenvalue weighted by Gasteiger charge is -2.27. The zero-order chi connectivity index (χ0) is 10.2. The average molecular weight is 193 g/mol. The lowest BCUT2D eigenvalue weighted by Crippen LogP contribution is -2.30. The molecule has 0 amide bonds. The molecule has 1 aliphatic heterocycles. The zero-order valence-electron chi connectivity index (χ0n) is 9.34. The van der Waals surface area contributed by atoms with E-state index >= 15 is 0 Å². The smallest absolute Gasteiger partial charge is 0.178 e. The molecule has 0 atom stereocenters. The van der Waals surface area contributed by atoms with E-state index in [2.05, 4.69) is 24.5 Å². The van der Waals surface area contributed by atoms with Gasteiger partial charge >= 0.3 is 0 Å². The zero-order valence-corrected chi connectivity index (χ0v) is 9.34. The Bertz CT molecular complexity index is 289. The van der Waals surface area contributed by atoms with Gasteiger partial charge < -0.3 is 5.73 Å². The van der Waals surface area contributed by atoms with Crippen molar-refractivity contribution in [3.8, 4) is 0 Å². The second-order valence-electron chi connectivity index (χ2n) is 5.42. The predicted octanol–water partition coefficient (Wildman–Crippen LogP) is 1.90. The summed E-state index contributed by atoms with van der Waals surface area (Å²) in [6.45, 7) is 7.08. The fourth-order valence-corrected chi connectivity index (χ4v) is 2.63. The Morgan fingerprint density at radius 2 is 1.86 bits per heavy atom. The number of allylic oxidation sites excluding steroid dienone is 2. The highest BCUT2D eigenvalue weighted by Gasteiger charge is 2.30. The summed E-state index contributed by atoms with van der Waals surface area (Å²) in [5, 5.41) is 0. The summed E-state index contributed by atoms with van der Waals surface area (Å²) in [6.07, 6.45) is 7.13. The molecule has 1 aliphatic carbocycles. The second kappa shape index (κ2) is 3.41. The van der Waals surface area contributed by atoms with Crippen molar-refractivity contribution in [1.82, 2.24) is 0 Å². The van der Waals surface area contributed by atoms with Crippen molar-refractivity contribution >= 4 is 5.71 Å². The summed E-state index contributed by atoms with van der Waals surface area (Å²) in [5.74, 6) is 0. The van der Waals surface area contributed by atoms with E-state index in [4.69, 9.17) is 5.73 Å². The molecule has 0 aromatic heterocycles. The molecule has 0 radical (unpaired) electrons. The van der Waals surface area contributed by atoms with Gasteiger partial charge in [-0.2, -0.15) is 0 Å². The molecular weight excluding hydrogens is 172 g/mol. The third-order valence-corrected chi connectivity index (χ3v) is 3.21.